The maximum atomic E-state index is 5.46. The number of hydrogen-bond acceptors (Lipinski definition) is 4. The maximum Gasteiger partial charge on any atom is 0.128 e. The molecule has 0 radical (unpaired) electrons. The van der Waals surface area contributed by atoms with E-state index in [4.69, 9.17) is 4.74 Å². The molecule has 0 spiro atoms. The molecule has 0 saturated heterocycles. The van der Waals surface area contributed by atoms with E-state index in [0.717, 1.165) is 34.4 Å². The third-order valence-corrected chi connectivity index (χ3v) is 5.21. The van der Waals surface area contributed by atoms with Gasteiger partial charge in [0.2, 0.25) is 0 Å². The van der Waals surface area contributed by atoms with Crippen molar-refractivity contribution in [3.05, 3.63) is 23.0 Å². The van der Waals surface area contributed by atoms with Crippen molar-refractivity contribution in [2.45, 2.75) is 50.9 Å². The van der Waals surface area contributed by atoms with E-state index in [0.29, 0.717) is 6.04 Å². The van der Waals surface area contributed by atoms with Gasteiger partial charge >= 0.3 is 0 Å². The van der Waals surface area contributed by atoms with Crippen LogP contribution in [-0.2, 0) is 6.54 Å². The van der Waals surface area contributed by atoms with Crippen LogP contribution >= 0.6 is 11.8 Å². The molecule has 3 nitrogen and oxygen atoms in total. The Hall–Kier alpha value is -0.740. The molecule has 2 rings (SSSR count). The average molecular weight is 280 g/mol. The van der Waals surface area contributed by atoms with E-state index in [1.165, 1.54) is 19.3 Å². The van der Waals surface area contributed by atoms with Crippen LogP contribution < -0.4 is 10.1 Å². The Morgan fingerprint density at radius 3 is 2.89 bits per heavy atom. The first kappa shape index (κ1) is 14.7. The van der Waals surface area contributed by atoms with Crippen LogP contribution in [0.4, 0.5) is 0 Å². The van der Waals surface area contributed by atoms with Crippen molar-refractivity contribution in [3.63, 3.8) is 0 Å². The molecular formula is C15H24N2OS. The monoisotopic (exact) mass is 280 g/mol. The summed E-state index contributed by atoms with van der Waals surface area (Å²) < 4.78 is 5.46. The van der Waals surface area contributed by atoms with Gasteiger partial charge in [-0.1, -0.05) is 6.42 Å². The van der Waals surface area contributed by atoms with Crippen LogP contribution in [0.5, 0.6) is 5.75 Å². The van der Waals surface area contributed by atoms with Gasteiger partial charge in [-0.05, 0) is 32.9 Å². The maximum absolute atomic E-state index is 5.46. The highest BCUT2D eigenvalue weighted by Gasteiger charge is 2.26. The summed E-state index contributed by atoms with van der Waals surface area (Å²) in [5.74, 6) is 0.972. The van der Waals surface area contributed by atoms with Gasteiger partial charge in [-0.3, -0.25) is 4.98 Å². The Bertz CT molecular complexity index is 436. The number of aryl methyl sites for hydroxylation is 1. The second-order valence-electron chi connectivity index (χ2n) is 5.24. The third-order valence-electron chi connectivity index (χ3n) is 4.04. The highest BCUT2D eigenvalue weighted by Crippen LogP contribution is 2.29. The van der Waals surface area contributed by atoms with Crippen molar-refractivity contribution in [1.29, 1.82) is 0 Å². The molecule has 1 aliphatic rings. The molecule has 2 unspecified atom stereocenters. The number of methoxy groups -OCH3 is 1. The van der Waals surface area contributed by atoms with E-state index in [9.17, 15) is 0 Å². The molecule has 2 atom stereocenters. The van der Waals surface area contributed by atoms with E-state index in [1.54, 1.807) is 7.11 Å². The molecule has 1 aromatic heterocycles. The minimum Gasteiger partial charge on any atom is -0.496 e. The van der Waals surface area contributed by atoms with Crippen molar-refractivity contribution in [3.8, 4) is 5.75 Å². The topological polar surface area (TPSA) is 34.1 Å². The Balaban J connectivity index is 2.03. The number of pyridine rings is 1. The predicted molar refractivity (Wildman–Crippen MR) is 82.0 cm³/mol. The second kappa shape index (κ2) is 6.62. The minimum absolute atomic E-state index is 0.628. The molecule has 19 heavy (non-hydrogen) atoms. The van der Waals surface area contributed by atoms with Crippen LogP contribution in [0.15, 0.2) is 6.20 Å². The summed E-state index contributed by atoms with van der Waals surface area (Å²) in [6.45, 7) is 4.97. The summed E-state index contributed by atoms with van der Waals surface area (Å²) >= 11 is 1.98. The lowest BCUT2D eigenvalue weighted by molar-refractivity contribution is 0.406. The Morgan fingerprint density at radius 1 is 1.42 bits per heavy atom. The predicted octanol–water partition coefficient (Wildman–Crippen LogP) is 3.08. The van der Waals surface area contributed by atoms with Crippen molar-refractivity contribution >= 4 is 11.8 Å². The Labute approximate surface area is 120 Å². The quantitative estimate of drug-likeness (QED) is 0.899. The standard InChI is InChI=1S/C15H24N2OS/c1-10-8-16-13(11(2)15(10)18-3)9-17-12-6-5-7-14(12)19-4/h8,12,14,17H,5-7,9H2,1-4H3. The van der Waals surface area contributed by atoms with Crippen molar-refractivity contribution in [1.82, 2.24) is 10.3 Å². The molecule has 1 N–H and O–H groups in total. The molecule has 0 bridgehead atoms. The van der Waals surface area contributed by atoms with Crippen molar-refractivity contribution in [2.24, 2.45) is 0 Å². The molecule has 1 aromatic rings. The van der Waals surface area contributed by atoms with Crippen LogP contribution in [0.3, 0.4) is 0 Å². The van der Waals surface area contributed by atoms with Gasteiger partial charge in [0.05, 0.1) is 12.8 Å². The van der Waals surface area contributed by atoms with Gasteiger partial charge in [0.25, 0.3) is 0 Å². The highest BCUT2D eigenvalue weighted by molar-refractivity contribution is 7.99. The van der Waals surface area contributed by atoms with Gasteiger partial charge in [0.15, 0.2) is 0 Å². The molecule has 1 saturated carbocycles. The second-order valence-corrected chi connectivity index (χ2v) is 6.32. The average Bonchev–Trinajstić information content (AvgIpc) is 2.86. The van der Waals surface area contributed by atoms with E-state index < -0.39 is 0 Å². The molecule has 0 amide bonds. The summed E-state index contributed by atoms with van der Waals surface area (Å²) in [5, 5.41) is 4.43. The summed E-state index contributed by atoms with van der Waals surface area (Å²) in [4.78, 5) is 4.55. The fourth-order valence-corrected chi connectivity index (χ4v) is 3.88. The zero-order valence-corrected chi connectivity index (χ0v) is 13.1. The van der Waals surface area contributed by atoms with E-state index in [2.05, 4.69) is 23.5 Å². The molecule has 1 fully saturated rings. The van der Waals surface area contributed by atoms with Gasteiger partial charge in [0, 0.05) is 35.2 Å². The number of rotatable bonds is 5. The molecule has 0 aliphatic heterocycles. The SMILES string of the molecule is COc1c(C)cnc(CNC2CCCC2SC)c1C. The number of ether oxygens (including phenoxy) is 1. The number of hydrogen-bond donors (Lipinski definition) is 1. The van der Waals surface area contributed by atoms with E-state index >= 15 is 0 Å². The van der Waals surface area contributed by atoms with Crippen LogP contribution in [0, 0.1) is 13.8 Å². The minimum atomic E-state index is 0.628. The van der Waals surface area contributed by atoms with Crippen LogP contribution in [-0.4, -0.2) is 29.6 Å². The molecule has 1 heterocycles. The van der Waals surface area contributed by atoms with Crippen LogP contribution in [0.2, 0.25) is 0 Å². The molecule has 4 heteroatoms. The first-order valence-corrected chi connectivity index (χ1v) is 8.21. The normalized spacial score (nSPS) is 22.7. The van der Waals surface area contributed by atoms with Gasteiger partial charge in [-0.25, -0.2) is 0 Å². The smallest absolute Gasteiger partial charge is 0.128 e. The Kier molecular flexibility index (Phi) is 5.11. The first-order valence-electron chi connectivity index (χ1n) is 6.92. The lowest BCUT2D eigenvalue weighted by Crippen LogP contribution is -2.33. The zero-order valence-electron chi connectivity index (χ0n) is 12.3. The fraction of sp³-hybridized carbons (Fsp3) is 0.667. The number of nitrogens with zero attached hydrogens (tertiary/aromatic N) is 1. The number of nitrogens with one attached hydrogen (secondary N) is 1. The van der Waals surface area contributed by atoms with Crippen molar-refractivity contribution in [2.75, 3.05) is 13.4 Å². The van der Waals surface area contributed by atoms with Crippen LogP contribution in [0.1, 0.15) is 36.1 Å². The Morgan fingerprint density at radius 2 is 2.21 bits per heavy atom. The largest absolute Gasteiger partial charge is 0.496 e. The lowest BCUT2D eigenvalue weighted by atomic mass is 10.1. The van der Waals surface area contributed by atoms with Gasteiger partial charge in [-0.15, -0.1) is 0 Å². The van der Waals surface area contributed by atoms with Gasteiger partial charge in [-0.2, -0.15) is 11.8 Å². The summed E-state index contributed by atoms with van der Waals surface area (Å²) in [7, 11) is 1.73. The third kappa shape index (κ3) is 3.23. The highest BCUT2D eigenvalue weighted by atomic mass is 32.2. The molecular weight excluding hydrogens is 256 g/mol. The fourth-order valence-electron chi connectivity index (χ4n) is 2.92. The van der Waals surface area contributed by atoms with Gasteiger partial charge < -0.3 is 10.1 Å². The number of aromatic nitrogens is 1. The van der Waals surface area contributed by atoms with Crippen molar-refractivity contribution < 1.29 is 4.74 Å². The summed E-state index contributed by atoms with van der Waals surface area (Å²) in [5.41, 5.74) is 3.37. The van der Waals surface area contributed by atoms with E-state index in [1.807, 2.05) is 24.9 Å². The molecule has 0 aromatic carbocycles. The van der Waals surface area contributed by atoms with Crippen LogP contribution in [0.25, 0.3) is 0 Å². The first-order chi connectivity index (χ1) is 9.17. The molecule has 1 aliphatic carbocycles. The molecule has 106 valence electrons. The zero-order chi connectivity index (χ0) is 13.8. The lowest BCUT2D eigenvalue weighted by Gasteiger charge is -2.20. The van der Waals surface area contributed by atoms with Gasteiger partial charge in [0.1, 0.15) is 5.75 Å². The number of thioether (sulfide) groups is 1. The summed E-state index contributed by atoms with van der Waals surface area (Å²) in [6, 6.07) is 0.628. The summed E-state index contributed by atoms with van der Waals surface area (Å²) in [6.07, 6.45) is 8.08. The van der Waals surface area contributed by atoms with E-state index in [-0.39, 0.29) is 0 Å².